The number of fused-ring (bicyclic) bond motifs is 1. The van der Waals surface area contributed by atoms with Crippen LogP contribution < -0.4 is 0 Å². The highest BCUT2D eigenvalue weighted by molar-refractivity contribution is 6.29. The van der Waals surface area contributed by atoms with Crippen LogP contribution in [0.2, 0.25) is 5.15 Å². The first-order valence-electron chi connectivity index (χ1n) is 7.38. The molecule has 0 spiro atoms. The minimum atomic E-state index is -0.291. The Bertz CT molecular complexity index is 827. The highest BCUT2D eigenvalue weighted by Crippen LogP contribution is 2.13. The van der Waals surface area contributed by atoms with Crippen LogP contribution in [0.3, 0.4) is 0 Å². The minimum absolute atomic E-state index is 0.0832. The van der Waals surface area contributed by atoms with Gasteiger partial charge in [-0.3, -0.25) is 4.79 Å². The molecule has 0 saturated heterocycles. The normalized spacial score (nSPS) is 10.9. The van der Waals surface area contributed by atoms with Gasteiger partial charge in [-0.05, 0) is 29.7 Å². The van der Waals surface area contributed by atoms with Gasteiger partial charge in [-0.15, -0.1) is 0 Å². The molecule has 2 aromatic heterocycles. The van der Waals surface area contributed by atoms with Crippen LogP contribution in [0, 0.1) is 0 Å². The van der Waals surface area contributed by atoms with Gasteiger partial charge in [-0.1, -0.05) is 42.8 Å². The first kappa shape index (κ1) is 15.5. The number of nitrogens with zero attached hydrogens (tertiary/aromatic N) is 2. The molecule has 0 aliphatic carbocycles. The maximum Gasteiger partial charge on any atom is 0.310 e. The predicted octanol–water partition coefficient (Wildman–Crippen LogP) is 3.46. The second kappa shape index (κ2) is 6.79. The van der Waals surface area contributed by atoms with Gasteiger partial charge in [0.2, 0.25) is 0 Å². The number of esters is 1. The Morgan fingerprint density at radius 3 is 2.61 bits per heavy atom. The first-order chi connectivity index (χ1) is 11.1. The summed E-state index contributed by atoms with van der Waals surface area (Å²) in [4.78, 5) is 23.3. The lowest BCUT2D eigenvalue weighted by atomic mass is 10.1. The summed E-state index contributed by atoms with van der Waals surface area (Å²) in [6, 6.07) is 11.4. The average molecular weight is 330 g/mol. The largest absolute Gasteiger partial charge is 0.457 e. The summed E-state index contributed by atoms with van der Waals surface area (Å²) in [6.07, 6.45) is 1.23. The second-order valence-corrected chi connectivity index (χ2v) is 5.58. The summed E-state index contributed by atoms with van der Waals surface area (Å²) >= 11 is 5.82. The van der Waals surface area contributed by atoms with Gasteiger partial charge >= 0.3 is 5.97 Å². The van der Waals surface area contributed by atoms with E-state index in [9.17, 15) is 4.79 Å². The van der Waals surface area contributed by atoms with E-state index in [4.69, 9.17) is 16.3 Å². The van der Waals surface area contributed by atoms with E-state index in [1.165, 1.54) is 5.56 Å². The lowest BCUT2D eigenvalue weighted by Gasteiger charge is -2.04. The summed E-state index contributed by atoms with van der Waals surface area (Å²) < 4.78 is 5.25. The number of halogens is 1. The Kier molecular flexibility index (Phi) is 4.57. The smallest absolute Gasteiger partial charge is 0.310 e. The Morgan fingerprint density at radius 2 is 1.87 bits per heavy atom. The highest BCUT2D eigenvalue weighted by atomic mass is 35.5. The van der Waals surface area contributed by atoms with E-state index in [1.807, 2.05) is 24.3 Å². The summed E-state index contributed by atoms with van der Waals surface area (Å²) in [5.74, 6) is 0.255. The van der Waals surface area contributed by atoms with Gasteiger partial charge in [0, 0.05) is 0 Å². The molecule has 118 valence electrons. The topological polar surface area (TPSA) is 67.9 Å². The van der Waals surface area contributed by atoms with Crippen molar-refractivity contribution in [2.75, 3.05) is 0 Å². The number of ether oxygens (including phenoxy) is 1. The molecule has 1 aromatic carbocycles. The summed E-state index contributed by atoms with van der Waals surface area (Å²) in [7, 11) is 0. The third-order valence-electron chi connectivity index (χ3n) is 3.51. The molecule has 0 fully saturated rings. The fourth-order valence-corrected chi connectivity index (χ4v) is 2.39. The average Bonchev–Trinajstić information content (AvgIpc) is 2.95. The number of H-pyrrole nitrogens is 1. The molecular formula is C17H16ClN3O2. The number of pyridine rings is 1. The second-order valence-electron chi connectivity index (χ2n) is 5.20. The Hall–Kier alpha value is -2.40. The van der Waals surface area contributed by atoms with Crippen molar-refractivity contribution in [1.29, 1.82) is 0 Å². The molecule has 0 amide bonds. The van der Waals surface area contributed by atoms with Crippen LogP contribution in [-0.2, 0) is 29.0 Å². The molecule has 0 unspecified atom stereocenters. The molecule has 0 bridgehead atoms. The molecule has 3 aromatic rings. The Morgan fingerprint density at radius 1 is 1.13 bits per heavy atom. The van der Waals surface area contributed by atoms with E-state index in [0.717, 1.165) is 17.5 Å². The number of hydrogen-bond donors (Lipinski definition) is 1. The molecule has 1 N–H and O–H groups in total. The molecule has 5 nitrogen and oxygen atoms in total. The van der Waals surface area contributed by atoms with Crippen LogP contribution in [0.25, 0.3) is 11.2 Å². The predicted molar refractivity (Wildman–Crippen MR) is 88.2 cm³/mol. The lowest BCUT2D eigenvalue weighted by Crippen LogP contribution is -2.08. The minimum Gasteiger partial charge on any atom is -0.457 e. The van der Waals surface area contributed by atoms with E-state index in [1.54, 1.807) is 12.1 Å². The Balaban J connectivity index is 1.58. The van der Waals surface area contributed by atoms with E-state index in [0.29, 0.717) is 16.6 Å². The maximum atomic E-state index is 11.9. The number of hydrogen-bond acceptors (Lipinski definition) is 4. The third-order valence-corrected chi connectivity index (χ3v) is 3.72. The van der Waals surface area contributed by atoms with E-state index < -0.39 is 0 Å². The molecule has 0 aliphatic rings. The number of rotatable bonds is 5. The zero-order valence-electron chi connectivity index (χ0n) is 12.7. The molecular weight excluding hydrogens is 314 g/mol. The summed E-state index contributed by atoms with van der Waals surface area (Å²) in [5, 5.41) is 0.378. The van der Waals surface area contributed by atoms with Crippen molar-refractivity contribution in [3.63, 3.8) is 0 Å². The summed E-state index contributed by atoms with van der Waals surface area (Å²) in [5.41, 5.74) is 3.45. The zero-order valence-corrected chi connectivity index (χ0v) is 13.4. The molecule has 0 aliphatic heterocycles. The number of imidazole rings is 1. The molecule has 3 rings (SSSR count). The van der Waals surface area contributed by atoms with Gasteiger partial charge in [0.05, 0.1) is 11.9 Å². The van der Waals surface area contributed by atoms with E-state index in [-0.39, 0.29) is 19.0 Å². The first-order valence-corrected chi connectivity index (χ1v) is 7.76. The van der Waals surface area contributed by atoms with Crippen molar-refractivity contribution in [3.05, 3.63) is 58.5 Å². The van der Waals surface area contributed by atoms with Gasteiger partial charge in [0.15, 0.2) is 5.65 Å². The van der Waals surface area contributed by atoms with Crippen molar-refractivity contribution in [2.24, 2.45) is 0 Å². The van der Waals surface area contributed by atoms with Crippen molar-refractivity contribution in [3.8, 4) is 0 Å². The van der Waals surface area contributed by atoms with Crippen molar-refractivity contribution in [1.82, 2.24) is 15.0 Å². The standard InChI is InChI=1S/C17H16ClN3O2/c1-2-11-3-5-12(6-4-11)9-16(22)23-10-15-19-13-7-8-14(18)20-17(13)21-15/h3-8H,2,9-10H2,1H3,(H,19,20,21). The number of carbonyl (C=O) groups is 1. The molecule has 0 radical (unpaired) electrons. The molecule has 2 heterocycles. The number of aromatic nitrogens is 3. The van der Waals surface area contributed by atoms with Crippen molar-refractivity contribution in [2.45, 2.75) is 26.4 Å². The van der Waals surface area contributed by atoms with Crippen molar-refractivity contribution >= 4 is 28.7 Å². The van der Waals surface area contributed by atoms with Crippen molar-refractivity contribution < 1.29 is 9.53 Å². The van der Waals surface area contributed by atoms with E-state index in [2.05, 4.69) is 21.9 Å². The lowest BCUT2D eigenvalue weighted by molar-refractivity contribution is -0.144. The SMILES string of the molecule is CCc1ccc(CC(=O)OCc2nc3nc(Cl)ccc3[nH]2)cc1. The Labute approximate surface area is 138 Å². The quantitative estimate of drug-likeness (QED) is 0.575. The van der Waals surface area contributed by atoms with Gasteiger partial charge < -0.3 is 9.72 Å². The van der Waals surface area contributed by atoms with Crippen LogP contribution in [0.4, 0.5) is 0 Å². The van der Waals surface area contributed by atoms with Gasteiger partial charge in [-0.2, -0.15) is 0 Å². The number of carbonyl (C=O) groups excluding carboxylic acids is 1. The molecule has 6 heteroatoms. The maximum absolute atomic E-state index is 11.9. The fraction of sp³-hybridized carbons (Fsp3) is 0.235. The number of benzene rings is 1. The molecule has 23 heavy (non-hydrogen) atoms. The van der Waals surface area contributed by atoms with Gasteiger partial charge in [-0.25, -0.2) is 9.97 Å². The van der Waals surface area contributed by atoms with Gasteiger partial charge in [0.25, 0.3) is 0 Å². The third kappa shape index (κ3) is 3.87. The monoisotopic (exact) mass is 329 g/mol. The molecule has 0 atom stereocenters. The number of aryl methyl sites for hydroxylation is 1. The zero-order chi connectivity index (χ0) is 16.2. The number of nitrogens with one attached hydrogen (secondary N) is 1. The van der Waals surface area contributed by atoms with Crippen LogP contribution in [0.15, 0.2) is 36.4 Å². The van der Waals surface area contributed by atoms with Crippen LogP contribution in [0.1, 0.15) is 23.9 Å². The highest BCUT2D eigenvalue weighted by Gasteiger charge is 2.09. The van der Waals surface area contributed by atoms with E-state index >= 15 is 0 Å². The van der Waals surface area contributed by atoms with Crippen LogP contribution >= 0.6 is 11.6 Å². The van der Waals surface area contributed by atoms with Crippen LogP contribution in [-0.4, -0.2) is 20.9 Å². The molecule has 0 saturated carbocycles. The number of aromatic amines is 1. The fourth-order valence-electron chi connectivity index (χ4n) is 2.25. The van der Waals surface area contributed by atoms with Crippen LogP contribution in [0.5, 0.6) is 0 Å². The summed E-state index contributed by atoms with van der Waals surface area (Å²) in [6.45, 7) is 2.18. The van der Waals surface area contributed by atoms with Gasteiger partial charge in [0.1, 0.15) is 17.6 Å².